The standard InChI is InChI=1S/C25H30N4O3S2/c1-24-13-28(22(33)26-17-5-9-19(31-3)10-6-17)15-25(2,21(24)30)16-29(14-24)23(34)27-18-7-11-20(32-4)12-8-18/h5-12H,13-16H2,1-4H3,(H,26,33)(H,27,34). The smallest absolute Gasteiger partial charge is 0.173 e. The summed E-state index contributed by atoms with van der Waals surface area (Å²) in [7, 11) is 3.28. The predicted octanol–water partition coefficient (Wildman–Crippen LogP) is 4.01. The summed E-state index contributed by atoms with van der Waals surface area (Å²) in [6.07, 6.45) is 0. The van der Waals surface area contributed by atoms with E-state index < -0.39 is 10.8 Å². The van der Waals surface area contributed by atoms with Crippen LogP contribution in [-0.4, -0.2) is 66.2 Å². The Bertz CT molecular complexity index is 991. The number of methoxy groups -OCH3 is 2. The molecule has 2 fully saturated rings. The quantitative estimate of drug-likeness (QED) is 0.609. The van der Waals surface area contributed by atoms with E-state index in [0.29, 0.717) is 36.4 Å². The summed E-state index contributed by atoms with van der Waals surface area (Å²) in [5.74, 6) is 1.84. The molecule has 180 valence electrons. The highest BCUT2D eigenvalue weighted by Gasteiger charge is 2.56. The summed E-state index contributed by atoms with van der Waals surface area (Å²) in [5.41, 5.74) is 0.578. The number of likely N-dealkylation sites (tertiary alicyclic amines) is 2. The molecule has 0 spiro atoms. The van der Waals surface area contributed by atoms with Gasteiger partial charge in [0.25, 0.3) is 0 Å². The lowest BCUT2D eigenvalue weighted by Crippen LogP contribution is -2.70. The molecule has 4 rings (SSSR count). The minimum absolute atomic E-state index is 0.270. The third-order valence-corrected chi connectivity index (χ3v) is 7.23. The highest BCUT2D eigenvalue weighted by Crippen LogP contribution is 2.42. The first-order chi connectivity index (χ1) is 16.2. The van der Waals surface area contributed by atoms with E-state index >= 15 is 0 Å². The van der Waals surface area contributed by atoms with Gasteiger partial charge >= 0.3 is 0 Å². The number of nitrogens with one attached hydrogen (secondary N) is 2. The fourth-order valence-electron chi connectivity index (χ4n) is 4.95. The zero-order valence-corrected chi connectivity index (χ0v) is 21.5. The first-order valence-electron chi connectivity index (χ1n) is 11.1. The molecule has 2 aliphatic rings. The van der Waals surface area contributed by atoms with E-state index in [-0.39, 0.29) is 5.78 Å². The molecule has 0 aromatic heterocycles. The summed E-state index contributed by atoms with van der Waals surface area (Å²) in [6, 6.07) is 15.2. The number of rotatable bonds is 4. The highest BCUT2D eigenvalue weighted by molar-refractivity contribution is 7.80. The Kier molecular flexibility index (Phi) is 6.69. The molecular formula is C25H30N4O3S2. The van der Waals surface area contributed by atoms with Gasteiger partial charge in [0, 0.05) is 37.6 Å². The fourth-order valence-corrected chi connectivity index (χ4v) is 5.45. The number of piperidine rings is 2. The summed E-state index contributed by atoms with van der Waals surface area (Å²) < 4.78 is 10.4. The summed E-state index contributed by atoms with van der Waals surface area (Å²) >= 11 is 11.5. The van der Waals surface area contributed by atoms with Crippen molar-refractivity contribution in [2.45, 2.75) is 13.8 Å². The lowest BCUT2D eigenvalue weighted by Gasteiger charge is -2.56. The number of fused-ring (bicyclic) bond motifs is 2. The number of ether oxygens (including phenoxy) is 2. The Balaban J connectivity index is 1.45. The van der Waals surface area contributed by atoms with Crippen LogP contribution in [0.3, 0.4) is 0 Å². The number of carbonyl (C=O) groups is 1. The molecule has 0 radical (unpaired) electrons. The Labute approximate surface area is 211 Å². The predicted molar refractivity (Wildman–Crippen MR) is 143 cm³/mol. The van der Waals surface area contributed by atoms with Crippen LogP contribution in [0.2, 0.25) is 0 Å². The van der Waals surface area contributed by atoms with Crippen LogP contribution in [-0.2, 0) is 4.79 Å². The number of nitrogens with zero attached hydrogens (tertiary/aromatic N) is 2. The number of ketones is 1. The summed E-state index contributed by atoms with van der Waals surface area (Å²) in [5, 5.41) is 7.84. The largest absolute Gasteiger partial charge is 0.497 e. The van der Waals surface area contributed by atoms with Crippen molar-refractivity contribution in [3.8, 4) is 11.5 Å². The Morgan fingerprint density at radius 1 is 0.735 bits per heavy atom. The molecule has 7 nitrogen and oxygen atoms in total. The van der Waals surface area contributed by atoms with E-state index in [9.17, 15) is 4.79 Å². The van der Waals surface area contributed by atoms with E-state index in [1.165, 1.54) is 0 Å². The molecule has 0 amide bonds. The van der Waals surface area contributed by atoms with Crippen LogP contribution in [0.25, 0.3) is 0 Å². The monoisotopic (exact) mass is 498 g/mol. The molecule has 34 heavy (non-hydrogen) atoms. The zero-order valence-electron chi connectivity index (χ0n) is 19.9. The maximum Gasteiger partial charge on any atom is 0.173 e. The first kappa shape index (κ1) is 24.2. The topological polar surface area (TPSA) is 66.1 Å². The van der Waals surface area contributed by atoms with E-state index in [0.717, 1.165) is 22.9 Å². The molecule has 2 aromatic rings. The molecule has 2 heterocycles. The maximum absolute atomic E-state index is 13.4. The van der Waals surface area contributed by atoms with Crippen molar-refractivity contribution in [1.29, 1.82) is 0 Å². The van der Waals surface area contributed by atoms with Gasteiger partial charge in [0.15, 0.2) is 16.0 Å². The first-order valence-corrected chi connectivity index (χ1v) is 11.9. The maximum atomic E-state index is 13.4. The van der Waals surface area contributed by atoms with Crippen molar-refractivity contribution in [2.24, 2.45) is 10.8 Å². The van der Waals surface area contributed by atoms with Crippen molar-refractivity contribution < 1.29 is 14.3 Å². The molecular weight excluding hydrogens is 468 g/mol. The Hall–Kier alpha value is -2.91. The molecule has 0 atom stereocenters. The lowest BCUT2D eigenvalue weighted by molar-refractivity contribution is -0.151. The molecule has 2 aliphatic heterocycles. The van der Waals surface area contributed by atoms with E-state index in [1.54, 1.807) is 14.2 Å². The molecule has 2 bridgehead atoms. The second-order valence-electron chi connectivity index (χ2n) is 9.48. The Morgan fingerprint density at radius 2 is 1.06 bits per heavy atom. The van der Waals surface area contributed by atoms with Gasteiger partial charge in [0.05, 0.1) is 25.0 Å². The molecule has 0 unspecified atom stereocenters. The minimum Gasteiger partial charge on any atom is -0.497 e. The third kappa shape index (κ3) is 4.81. The second-order valence-corrected chi connectivity index (χ2v) is 10.3. The van der Waals surface area contributed by atoms with Crippen LogP contribution in [0.15, 0.2) is 48.5 Å². The zero-order chi connectivity index (χ0) is 24.5. The number of carbonyl (C=O) groups excluding carboxylic acids is 1. The van der Waals surface area contributed by atoms with Crippen molar-refractivity contribution in [1.82, 2.24) is 9.80 Å². The van der Waals surface area contributed by atoms with Crippen LogP contribution >= 0.6 is 24.4 Å². The summed E-state index contributed by atoms with van der Waals surface area (Å²) in [4.78, 5) is 17.7. The van der Waals surface area contributed by atoms with Gasteiger partial charge in [0.2, 0.25) is 0 Å². The second kappa shape index (κ2) is 9.38. The van der Waals surface area contributed by atoms with Gasteiger partial charge in [-0.3, -0.25) is 4.79 Å². The average molecular weight is 499 g/mol. The number of Topliss-reactive ketones (excluding diaryl/α,β-unsaturated/α-hetero) is 1. The highest BCUT2D eigenvalue weighted by atomic mass is 32.1. The van der Waals surface area contributed by atoms with Crippen LogP contribution < -0.4 is 20.1 Å². The van der Waals surface area contributed by atoms with Gasteiger partial charge < -0.3 is 29.9 Å². The Morgan fingerprint density at radius 3 is 1.35 bits per heavy atom. The van der Waals surface area contributed by atoms with Gasteiger partial charge in [-0.05, 0) is 86.8 Å². The minimum atomic E-state index is -0.595. The van der Waals surface area contributed by atoms with Crippen LogP contribution in [0.4, 0.5) is 11.4 Å². The van der Waals surface area contributed by atoms with Crippen LogP contribution in [0.5, 0.6) is 11.5 Å². The molecule has 9 heteroatoms. The van der Waals surface area contributed by atoms with Crippen LogP contribution in [0, 0.1) is 10.8 Å². The van der Waals surface area contributed by atoms with Crippen molar-refractivity contribution in [3.05, 3.63) is 48.5 Å². The number of thiocarbonyl (C=S) groups is 2. The molecule has 0 aliphatic carbocycles. The van der Waals surface area contributed by atoms with Gasteiger partial charge in [-0.15, -0.1) is 0 Å². The molecule has 2 N–H and O–H groups in total. The molecule has 2 aromatic carbocycles. The summed E-state index contributed by atoms with van der Waals surface area (Å²) in [6.45, 7) is 6.15. The van der Waals surface area contributed by atoms with E-state index in [1.807, 2.05) is 62.4 Å². The number of hydrogen-bond donors (Lipinski definition) is 2. The van der Waals surface area contributed by atoms with Gasteiger partial charge in [-0.25, -0.2) is 0 Å². The van der Waals surface area contributed by atoms with E-state index in [4.69, 9.17) is 33.9 Å². The van der Waals surface area contributed by atoms with E-state index in [2.05, 4.69) is 20.4 Å². The van der Waals surface area contributed by atoms with Gasteiger partial charge in [-0.2, -0.15) is 0 Å². The lowest BCUT2D eigenvalue weighted by atomic mass is 9.64. The van der Waals surface area contributed by atoms with Gasteiger partial charge in [-0.1, -0.05) is 0 Å². The van der Waals surface area contributed by atoms with Crippen molar-refractivity contribution in [2.75, 3.05) is 51.0 Å². The normalized spacial score (nSPS) is 23.8. The number of anilines is 2. The van der Waals surface area contributed by atoms with Crippen molar-refractivity contribution in [3.63, 3.8) is 0 Å². The van der Waals surface area contributed by atoms with Gasteiger partial charge in [0.1, 0.15) is 11.5 Å². The molecule has 0 saturated carbocycles. The average Bonchev–Trinajstić information content (AvgIpc) is 2.82. The van der Waals surface area contributed by atoms with Crippen LogP contribution in [0.1, 0.15) is 13.8 Å². The van der Waals surface area contributed by atoms with Crippen molar-refractivity contribution >= 4 is 51.8 Å². The third-order valence-electron chi connectivity index (χ3n) is 6.51. The molecule has 2 saturated heterocycles. The fraction of sp³-hybridized carbons (Fsp3) is 0.400. The SMILES string of the molecule is COc1ccc(NC(=S)N2CC3(C)CN(C(=S)Nc4ccc(OC)cc4)CC(C)(C2)C3=O)cc1. The number of hydrogen-bond acceptors (Lipinski definition) is 5. The number of benzene rings is 2.